The van der Waals surface area contributed by atoms with E-state index >= 15 is 0 Å². The number of Topliss-reactive ketones (excluding diaryl/α,β-unsaturated/α-hetero) is 1. The summed E-state index contributed by atoms with van der Waals surface area (Å²) in [6.07, 6.45) is -4.85. The van der Waals surface area contributed by atoms with Crippen LogP contribution in [0.15, 0.2) is 24.3 Å². The van der Waals surface area contributed by atoms with Crippen LogP contribution in [0.25, 0.3) is 0 Å². The van der Waals surface area contributed by atoms with E-state index in [0.717, 1.165) is 12.1 Å². The predicted molar refractivity (Wildman–Crippen MR) is 43.6 cm³/mol. The first-order chi connectivity index (χ1) is 6.45. The fourth-order valence-electron chi connectivity index (χ4n) is 0.986. The molecule has 0 bridgehead atoms. The first-order valence-corrected chi connectivity index (χ1v) is 3.80. The van der Waals surface area contributed by atoms with E-state index in [-0.39, 0.29) is 6.54 Å². The number of hydrogen-bond acceptors (Lipinski definition) is 1. The number of halogens is 3. The van der Waals surface area contributed by atoms with E-state index in [1.165, 1.54) is 12.1 Å². The van der Waals surface area contributed by atoms with Gasteiger partial charge in [-0.2, -0.15) is 13.2 Å². The monoisotopic (exact) mass is 202 g/mol. The lowest BCUT2D eigenvalue weighted by atomic mass is 10.1. The summed E-state index contributed by atoms with van der Waals surface area (Å²) in [7, 11) is 0. The molecule has 0 aliphatic heterocycles. The van der Waals surface area contributed by atoms with E-state index in [2.05, 4.69) is 0 Å². The molecule has 0 saturated heterocycles. The average molecular weight is 202 g/mol. The van der Waals surface area contributed by atoms with Gasteiger partial charge in [0.05, 0.1) is 0 Å². The molecule has 0 amide bonds. The van der Waals surface area contributed by atoms with Gasteiger partial charge in [-0.15, -0.1) is 0 Å². The summed E-state index contributed by atoms with van der Waals surface area (Å²) >= 11 is 0. The summed E-state index contributed by atoms with van der Waals surface area (Å²) in [5, 5.41) is 0. The molecule has 1 aromatic carbocycles. The van der Waals surface area contributed by atoms with E-state index in [1.54, 1.807) is 0 Å². The second kappa shape index (κ2) is 3.79. The van der Waals surface area contributed by atoms with Crippen LogP contribution in [-0.2, 0) is 6.54 Å². The maximum atomic E-state index is 12.0. The van der Waals surface area contributed by atoms with Crippen molar-refractivity contribution in [2.75, 3.05) is 0 Å². The Bertz CT molecular complexity index is 346. The van der Waals surface area contributed by atoms with Gasteiger partial charge in [0.25, 0.3) is 5.78 Å². The molecule has 0 heterocycles. The largest absolute Gasteiger partial charge is 0.454 e. The van der Waals surface area contributed by atoms with E-state index in [0.29, 0.717) is 5.56 Å². The van der Waals surface area contributed by atoms with Crippen molar-refractivity contribution in [3.8, 4) is 0 Å². The highest BCUT2D eigenvalue weighted by Gasteiger charge is 2.39. The van der Waals surface area contributed by atoms with Gasteiger partial charge in [-0.05, 0) is 11.6 Å². The van der Waals surface area contributed by atoms with Gasteiger partial charge < -0.3 is 0 Å². The highest BCUT2D eigenvalue weighted by atomic mass is 19.4. The van der Waals surface area contributed by atoms with Crippen LogP contribution in [0.1, 0.15) is 15.9 Å². The molecule has 0 atom stereocenters. The molecule has 1 rings (SSSR count). The van der Waals surface area contributed by atoms with Gasteiger partial charge in [0.15, 0.2) is 0 Å². The van der Waals surface area contributed by atoms with E-state index in [4.69, 9.17) is 5.73 Å². The fourth-order valence-corrected chi connectivity index (χ4v) is 0.986. The lowest BCUT2D eigenvalue weighted by Crippen LogP contribution is -2.22. The van der Waals surface area contributed by atoms with Crippen molar-refractivity contribution in [1.29, 1.82) is 0 Å². The normalized spacial score (nSPS) is 11.4. The van der Waals surface area contributed by atoms with Crippen LogP contribution in [0.2, 0.25) is 0 Å². The van der Waals surface area contributed by atoms with E-state index in [1.807, 2.05) is 0 Å². The van der Waals surface area contributed by atoms with Crippen molar-refractivity contribution in [3.63, 3.8) is 0 Å². The Balaban J connectivity index is 3.02. The zero-order valence-corrected chi connectivity index (χ0v) is 7.06. The third-order valence-electron chi connectivity index (χ3n) is 1.65. The molecule has 5 heteroatoms. The number of hydrogen-bond donors (Lipinski definition) is 0. The summed E-state index contributed by atoms with van der Waals surface area (Å²) in [5.41, 5.74) is 6.92. The Hall–Kier alpha value is -1.36. The fraction of sp³-hybridized carbons (Fsp3) is 0.222. The van der Waals surface area contributed by atoms with E-state index in [9.17, 15) is 18.0 Å². The Morgan fingerprint density at radius 1 is 1.36 bits per heavy atom. The SMILES string of the molecule is [NH]Cc1cccc(C(=O)C(F)(F)F)c1. The number of alkyl halides is 3. The summed E-state index contributed by atoms with van der Waals surface area (Å²) in [4.78, 5) is 10.7. The topological polar surface area (TPSA) is 40.9 Å². The number of carbonyl (C=O) groups excluding carboxylic acids is 1. The minimum Gasteiger partial charge on any atom is -0.284 e. The molecule has 0 spiro atoms. The standard InChI is InChI=1S/C9H7F3NO/c10-9(11,12)8(14)7-3-1-2-6(4-7)5-13/h1-4,13H,5H2. The van der Waals surface area contributed by atoms with Crippen molar-refractivity contribution >= 4 is 5.78 Å². The smallest absolute Gasteiger partial charge is 0.284 e. The van der Waals surface area contributed by atoms with Crippen LogP contribution in [0.5, 0.6) is 0 Å². The van der Waals surface area contributed by atoms with E-state index < -0.39 is 17.5 Å². The molecule has 0 aliphatic rings. The molecule has 0 aromatic heterocycles. The van der Waals surface area contributed by atoms with Gasteiger partial charge in [-0.25, -0.2) is 0 Å². The van der Waals surface area contributed by atoms with Crippen LogP contribution in [0.4, 0.5) is 13.2 Å². The number of carbonyl (C=O) groups is 1. The number of benzene rings is 1. The van der Waals surface area contributed by atoms with Crippen molar-refractivity contribution < 1.29 is 18.0 Å². The molecular weight excluding hydrogens is 195 g/mol. The van der Waals surface area contributed by atoms with Crippen LogP contribution in [0.3, 0.4) is 0 Å². The van der Waals surface area contributed by atoms with Gasteiger partial charge >= 0.3 is 6.18 Å². The van der Waals surface area contributed by atoms with Crippen LogP contribution in [0, 0.1) is 0 Å². The van der Waals surface area contributed by atoms with Crippen molar-refractivity contribution in [3.05, 3.63) is 35.4 Å². The molecule has 75 valence electrons. The summed E-state index contributed by atoms with van der Waals surface area (Å²) < 4.78 is 35.9. The maximum absolute atomic E-state index is 12.0. The minimum absolute atomic E-state index is 0.140. The van der Waals surface area contributed by atoms with Crippen LogP contribution in [-0.4, -0.2) is 12.0 Å². The second-order valence-electron chi connectivity index (χ2n) is 2.70. The highest BCUT2D eigenvalue weighted by molar-refractivity contribution is 6.00. The van der Waals surface area contributed by atoms with Crippen molar-refractivity contribution in [1.82, 2.24) is 5.73 Å². The minimum atomic E-state index is -4.85. The predicted octanol–water partition coefficient (Wildman–Crippen LogP) is 2.21. The first-order valence-electron chi connectivity index (χ1n) is 3.80. The number of ketones is 1. The van der Waals surface area contributed by atoms with Gasteiger partial charge in [-0.3, -0.25) is 10.5 Å². The molecule has 1 N–H and O–H groups in total. The molecule has 1 radical (unpaired) electrons. The molecule has 0 aliphatic carbocycles. The van der Waals surface area contributed by atoms with Gasteiger partial charge in [0, 0.05) is 12.1 Å². The Morgan fingerprint density at radius 2 is 2.00 bits per heavy atom. The zero-order chi connectivity index (χ0) is 10.8. The second-order valence-corrected chi connectivity index (χ2v) is 2.70. The molecule has 0 saturated carbocycles. The zero-order valence-electron chi connectivity index (χ0n) is 7.06. The molecule has 1 aromatic rings. The molecule has 0 fully saturated rings. The van der Waals surface area contributed by atoms with Gasteiger partial charge in [0.2, 0.25) is 0 Å². The summed E-state index contributed by atoms with van der Waals surface area (Å²) in [6, 6.07) is 5.01. The lowest BCUT2D eigenvalue weighted by Gasteiger charge is -2.05. The molecular formula is C9H7F3NO. The first kappa shape index (κ1) is 10.7. The Kier molecular flexibility index (Phi) is 2.90. The Morgan fingerprint density at radius 3 is 2.50 bits per heavy atom. The van der Waals surface area contributed by atoms with Crippen LogP contribution >= 0.6 is 0 Å². The average Bonchev–Trinajstić information content (AvgIpc) is 2.15. The van der Waals surface area contributed by atoms with Gasteiger partial charge in [-0.1, -0.05) is 18.2 Å². The number of nitrogens with one attached hydrogen (secondary N) is 1. The molecule has 14 heavy (non-hydrogen) atoms. The van der Waals surface area contributed by atoms with Gasteiger partial charge in [0.1, 0.15) is 0 Å². The molecule has 2 nitrogen and oxygen atoms in total. The Labute approximate surface area is 78.5 Å². The highest BCUT2D eigenvalue weighted by Crippen LogP contribution is 2.21. The van der Waals surface area contributed by atoms with Crippen LogP contribution < -0.4 is 5.73 Å². The third-order valence-corrected chi connectivity index (χ3v) is 1.65. The third kappa shape index (κ3) is 2.32. The van der Waals surface area contributed by atoms with Crippen molar-refractivity contribution in [2.24, 2.45) is 0 Å². The lowest BCUT2D eigenvalue weighted by molar-refractivity contribution is -0.0885. The van der Waals surface area contributed by atoms with Crippen molar-refractivity contribution in [2.45, 2.75) is 12.7 Å². The maximum Gasteiger partial charge on any atom is 0.454 e. The quantitative estimate of drug-likeness (QED) is 0.678. The number of rotatable bonds is 2. The molecule has 0 unspecified atom stereocenters. The summed E-state index contributed by atoms with van der Waals surface area (Å²) in [5.74, 6) is -1.87. The summed E-state index contributed by atoms with van der Waals surface area (Å²) in [6.45, 7) is -0.140.